The lowest BCUT2D eigenvalue weighted by Crippen LogP contribution is -2.39. The van der Waals surface area contributed by atoms with E-state index in [-0.39, 0.29) is 11.8 Å². The molecule has 0 bridgehead atoms. The lowest BCUT2D eigenvalue weighted by atomic mass is 10.1. The van der Waals surface area contributed by atoms with Gasteiger partial charge >= 0.3 is 0 Å². The molecule has 2 fully saturated rings. The molecule has 0 aliphatic carbocycles. The molecule has 0 saturated carbocycles. The monoisotopic (exact) mass is 329 g/mol. The number of benzene rings is 1. The van der Waals surface area contributed by atoms with Crippen LogP contribution in [0.2, 0.25) is 0 Å². The minimum atomic E-state index is 0.0745. The molecule has 2 amide bonds. The van der Waals surface area contributed by atoms with Gasteiger partial charge in [0.15, 0.2) is 0 Å². The van der Waals surface area contributed by atoms with E-state index in [0.717, 1.165) is 50.0 Å². The summed E-state index contributed by atoms with van der Waals surface area (Å²) >= 11 is 0. The number of nitrogens with one attached hydrogen (secondary N) is 1. The SMILES string of the molecule is Cc1cccc(C(=O)N2CCCN(C(=O)CC3CCCN3)CC2)c1. The fourth-order valence-electron chi connectivity index (χ4n) is 3.60. The fraction of sp³-hybridized carbons (Fsp3) is 0.579. The summed E-state index contributed by atoms with van der Waals surface area (Å²) in [4.78, 5) is 29.0. The number of carbonyl (C=O) groups excluding carboxylic acids is 2. The van der Waals surface area contributed by atoms with Crippen LogP contribution >= 0.6 is 0 Å². The van der Waals surface area contributed by atoms with Crippen LogP contribution < -0.4 is 5.32 Å². The maximum atomic E-state index is 12.7. The Morgan fingerprint density at radius 2 is 1.92 bits per heavy atom. The van der Waals surface area contributed by atoms with Crippen LogP contribution in [0.4, 0.5) is 0 Å². The van der Waals surface area contributed by atoms with Crippen molar-refractivity contribution in [2.75, 3.05) is 32.7 Å². The van der Waals surface area contributed by atoms with Gasteiger partial charge in [-0.2, -0.15) is 0 Å². The second-order valence-corrected chi connectivity index (χ2v) is 6.89. The lowest BCUT2D eigenvalue weighted by Gasteiger charge is -2.23. The Morgan fingerprint density at radius 1 is 1.12 bits per heavy atom. The molecule has 1 atom stereocenters. The van der Waals surface area contributed by atoms with Crippen LogP contribution in [-0.2, 0) is 4.79 Å². The molecule has 1 aromatic carbocycles. The summed E-state index contributed by atoms with van der Waals surface area (Å²) in [6, 6.07) is 8.06. The van der Waals surface area contributed by atoms with Crippen LogP contribution in [0.5, 0.6) is 0 Å². The van der Waals surface area contributed by atoms with Gasteiger partial charge in [0.2, 0.25) is 5.91 Å². The Balaban J connectivity index is 1.56. The molecule has 24 heavy (non-hydrogen) atoms. The zero-order chi connectivity index (χ0) is 16.9. The van der Waals surface area contributed by atoms with E-state index in [1.54, 1.807) is 0 Å². The zero-order valence-electron chi connectivity index (χ0n) is 14.5. The number of hydrogen-bond donors (Lipinski definition) is 1. The molecule has 130 valence electrons. The van der Waals surface area contributed by atoms with Crippen molar-refractivity contribution in [2.45, 2.75) is 38.6 Å². The molecule has 1 N–H and O–H groups in total. The van der Waals surface area contributed by atoms with Crippen LogP contribution in [0, 0.1) is 6.92 Å². The van der Waals surface area contributed by atoms with Crippen molar-refractivity contribution in [2.24, 2.45) is 0 Å². The van der Waals surface area contributed by atoms with E-state index in [2.05, 4.69) is 5.32 Å². The largest absolute Gasteiger partial charge is 0.341 e. The normalized spacial score (nSPS) is 21.6. The molecular weight excluding hydrogens is 302 g/mol. The molecule has 0 aromatic heterocycles. The van der Waals surface area contributed by atoms with Gasteiger partial charge in [-0.3, -0.25) is 9.59 Å². The highest BCUT2D eigenvalue weighted by Gasteiger charge is 2.25. The van der Waals surface area contributed by atoms with Crippen LogP contribution in [0.1, 0.15) is 41.6 Å². The smallest absolute Gasteiger partial charge is 0.253 e. The fourth-order valence-corrected chi connectivity index (χ4v) is 3.60. The van der Waals surface area contributed by atoms with E-state index in [4.69, 9.17) is 0 Å². The summed E-state index contributed by atoms with van der Waals surface area (Å²) in [6.07, 6.45) is 3.70. The number of aryl methyl sites for hydroxylation is 1. The standard InChI is InChI=1S/C19H27N3O2/c1-15-5-2-6-16(13-15)19(24)22-10-4-9-21(11-12-22)18(23)14-17-7-3-8-20-17/h2,5-6,13,17,20H,3-4,7-12,14H2,1H3. The second kappa shape index (κ2) is 7.79. The van der Waals surface area contributed by atoms with Crippen LogP contribution in [0.3, 0.4) is 0 Å². The second-order valence-electron chi connectivity index (χ2n) is 6.89. The predicted molar refractivity (Wildman–Crippen MR) is 93.9 cm³/mol. The van der Waals surface area contributed by atoms with E-state index < -0.39 is 0 Å². The van der Waals surface area contributed by atoms with Gasteiger partial charge in [-0.25, -0.2) is 0 Å². The summed E-state index contributed by atoms with van der Waals surface area (Å²) in [5, 5.41) is 3.38. The third-order valence-electron chi connectivity index (χ3n) is 4.98. The molecule has 1 aromatic rings. The minimum absolute atomic E-state index is 0.0745. The quantitative estimate of drug-likeness (QED) is 0.920. The lowest BCUT2D eigenvalue weighted by molar-refractivity contribution is -0.131. The number of amides is 2. The van der Waals surface area contributed by atoms with Gasteiger partial charge in [0.1, 0.15) is 0 Å². The van der Waals surface area contributed by atoms with Crippen LogP contribution in [0.15, 0.2) is 24.3 Å². The summed E-state index contributed by atoms with van der Waals surface area (Å²) in [6.45, 7) is 5.76. The Kier molecular flexibility index (Phi) is 5.51. The Labute approximate surface area is 144 Å². The average molecular weight is 329 g/mol. The molecule has 0 radical (unpaired) electrons. The van der Waals surface area contributed by atoms with Crippen molar-refractivity contribution in [1.82, 2.24) is 15.1 Å². The Hall–Kier alpha value is -1.88. The van der Waals surface area contributed by atoms with Crippen molar-refractivity contribution in [3.63, 3.8) is 0 Å². The Morgan fingerprint density at radius 3 is 2.67 bits per heavy atom. The van der Waals surface area contributed by atoms with Crippen molar-refractivity contribution in [1.29, 1.82) is 0 Å². The van der Waals surface area contributed by atoms with Gasteiger partial charge in [0.25, 0.3) is 5.91 Å². The van der Waals surface area contributed by atoms with E-state index >= 15 is 0 Å². The zero-order valence-corrected chi connectivity index (χ0v) is 14.5. The van der Waals surface area contributed by atoms with Crippen molar-refractivity contribution < 1.29 is 9.59 Å². The minimum Gasteiger partial charge on any atom is -0.341 e. The number of carbonyl (C=O) groups is 2. The van der Waals surface area contributed by atoms with E-state index in [9.17, 15) is 9.59 Å². The summed E-state index contributed by atoms with van der Waals surface area (Å²) in [7, 11) is 0. The topological polar surface area (TPSA) is 52.7 Å². The van der Waals surface area contributed by atoms with Crippen molar-refractivity contribution in [3.8, 4) is 0 Å². The maximum Gasteiger partial charge on any atom is 0.253 e. The summed E-state index contributed by atoms with van der Waals surface area (Å²) in [5.41, 5.74) is 1.83. The van der Waals surface area contributed by atoms with Gasteiger partial charge in [-0.05, 0) is 44.9 Å². The molecule has 0 spiro atoms. The van der Waals surface area contributed by atoms with Gasteiger partial charge in [-0.15, -0.1) is 0 Å². The van der Waals surface area contributed by atoms with E-state index in [0.29, 0.717) is 25.6 Å². The molecule has 2 saturated heterocycles. The highest BCUT2D eigenvalue weighted by molar-refractivity contribution is 5.94. The van der Waals surface area contributed by atoms with Crippen LogP contribution in [-0.4, -0.2) is 60.4 Å². The van der Waals surface area contributed by atoms with Gasteiger partial charge in [0, 0.05) is 44.2 Å². The first-order valence-corrected chi connectivity index (χ1v) is 9.00. The third kappa shape index (κ3) is 4.15. The van der Waals surface area contributed by atoms with Crippen molar-refractivity contribution >= 4 is 11.8 Å². The first kappa shape index (κ1) is 17.0. The average Bonchev–Trinajstić information content (AvgIpc) is 2.95. The number of nitrogens with zero attached hydrogens (tertiary/aromatic N) is 2. The van der Waals surface area contributed by atoms with Gasteiger partial charge in [0.05, 0.1) is 0 Å². The molecule has 2 heterocycles. The highest BCUT2D eigenvalue weighted by Crippen LogP contribution is 2.14. The Bertz CT molecular complexity index is 596. The van der Waals surface area contributed by atoms with Crippen molar-refractivity contribution in [3.05, 3.63) is 35.4 Å². The third-order valence-corrected chi connectivity index (χ3v) is 4.98. The molecule has 2 aliphatic rings. The first-order valence-electron chi connectivity index (χ1n) is 9.00. The molecule has 5 heteroatoms. The van der Waals surface area contributed by atoms with Gasteiger partial charge < -0.3 is 15.1 Å². The molecule has 2 aliphatic heterocycles. The molecule has 5 nitrogen and oxygen atoms in total. The van der Waals surface area contributed by atoms with E-state index in [1.807, 2.05) is 41.0 Å². The summed E-state index contributed by atoms with van der Waals surface area (Å²) < 4.78 is 0. The first-order chi connectivity index (χ1) is 11.6. The predicted octanol–water partition coefficient (Wildman–Crippen LogP) is 1.81. The molecule has 1 unspecified atom stereocenters. The number of hydrogen-bond acceptors (Lipinski definition) is 3. The molecular formula is C19H27N3O2. The van der Waals surface area contributed by atoms with Crippen LogP contribution in [0.25, 0.3) is 0 Å². The molecule has 3 rings (SSSR count). The summed E-state index contributed by atoms with van der Waals surface area (Å²) in [5.74, 6) is 0.296. The highest BCUT2D eigenvalue weighted by atomic mass is 16.2. The number of rotatable bonds is 3. The van der Waals surface area contributed by atoms with E-state index in [1.165, 1.54) is 0 Å². The maximum absolute atomic E-state index is 12.7. The van der Waals surface area contributed by atoms with Gasteiger partial charge in [-0.1, -0.05) is 17.7 Å².